The first-order chi connectivity index (χ1) is 7.90. The number of fused-ring (bicyclic) bond motifs is 1. The fourth-order valence-corrected chi connectivity index (χ4v) is 3.11. The molecular weight excluding hydrogens is 198 g/mol. The van der Waals surface area contributed by atoms with Crippen LogP contribution in [0, 0.1) is 0 Å². The molecule has 0 aliphatic carbocycles. The molecule has 2 atom stereocenters. The van der Waals surface area contributed by atoms with Crippen LogP contribution < -0.4 is 0 Å². The highest BCUT2D eigenvalue weighted by atomic mass is 16.5. The van der Waals surface area contributed by atoms with Crippen molar-refractivity contribution in [2.24, 2.45) is 0 Å². The number of piperidine rings is 2. The molecule has 0 saturated carbocycles. The SMILES string of the molecule is CCCCCOC1CCN2CCCCC2C1. The van der Waals surface area contributed by atoms with E-state index in [-0.39, 0.29) is 0 Å². The van der Waals surface area contributed by atoms with E-state index < -0.39 is 0 Å². The molecule has 0 N–H and O–H groups in total. The Kier molecular flexibility index (Phi) is 5.11. The fourth-order valence-electron chi connectivity index (χ4n) is 3.11. The number of hydrogen-bond acceptors (Lipinski definition) is 2. The number of nitrogens with zero attached hydrogens (tertiary/aromatic N) is 1. The fraction of sp³-hybridized carbons (Fsp3) is 1.00. The molecule has 0 aromatic heterocycles. The van der Waals surface area contributed by atoms with Crippen LogP contribution in [0.15, 0.2) is 0 Å². The van der Waals surface area contributed by atoms with Crippen molar-refractivity contribution in [2.75, 3.05) is 19.7 Å². The van der Waals surface area contributed by atoms with Gasteiger partial charge in [0.1, 0.15) is 0 Å². The van der Waals surface area contributed by atoms with Crippen LogP contribution in [0.4, 0.5) is 0 Å². The van der Waals surface area contributed by atoms with Crippen LogP contribution in [0.1, 0.15) is 58.3 Å². The number of unbranched alkanes of at least 4 members (excludes halogenated alkanes) is 2. The molecule has 0 aromatic rings. The van der Waals surface area contributed by atoms with Gasteiger partial charge in [-0.15, -0.1) is 0 Å². The van der Waals surface area contributed by atoms with E-state index in [4.69, 9.17) is 4.74 Å². The number of rotatable bonds is 5. The van der Waals surface area contributed by atoms with E-state index in [0.29, 0.717) is 6.10 Å². The maximum absolute atomic E-state index is 6.01. The van der Waals surface area contributed by atoms with Crippen molar-refractivity contribution in [2.45, 2.75) is 70.4 Å². The minimum Gasteiger partial charge on any atom is -0.378 e. The zero-order chi connectivity index (χ0) is 11.2. The van der Waals surface area contributed by atoms with Crippen molar-refractivity contribution in [1.82, 2.24) is 4.90 Å². The van der Waals surface area contributed by atoms with E-state index >= 15 is 0 Å². The molecule has 0 radical (unpaired) electrons. The molecule has 16 heavy (non-hydrogen) atoms. The molecule has 2 unspecified atom stereocenters. The molecular formula is C14H27NO. The third kappa shape index (κ3) is 3.46. The van der Waals surface area contributed by atoms with Gasteiger partial charge in [-0.05, 0) is 38.6 Å². The maximum atomic E-state index is 6.01. The van der Waals surface area contributed by atoms with Crippen LogP contribution in [0.25, 0.3) is 0 Å². The minimum absolute atomic E-state index is 0.566. The minimum atomic E-state index is 0.566. The molecule has 2 nitrogen and oxygen atoms in total. The van der Waals surface area contributed by atoms with Gasteiger partial charge in [0.25, 0.3) is 0 Å². The highest BCUT2D eigenvalue weighted by Crippen LogP contribution is 2.27. The van der Waals surface area contributed by atoms with Crippen molar-refractivity contribution >= 4 is 0 Å². The van der Waals surface area contributed by atoms with Gasteiger partial charge < -0.3 is 9.64 Å². The molecule has 94 valence electrons. The first-order valence-electron chi connectivity index (χ1n) is 7.26. The summed E-state index contributed by atoms with van der Waals surface area (Å²) in [6.45, 7) is 5.86. The van der Waals surface area contributed by atoms with Crippen molar-refractivity contribution < 1.29 is 4.74 Å². The Morgan fingerprint density at radius 3 is 2.94 bits per heavy atom. The first kappa shape index (κ1) is 12.4. The summed E-state index contributed by atoms with van der Waals surface area (Å²) < 4.78 is 6.01. The largest absolute Gasteiger partial charge is 0.378 e. The molecule has 0 spiro atoms. The summed E-state index contributed by atoms with van der Waals surface area (Å²) in [5, 5.41) is 0. The lowest BCUT2D eigenvalue weighted by molar-refractivity contribution is -0.0262. The van der Waals surface area contributed by atoms with E-state index in [1.54, 1.807) is 0 Å². The van der Waals surface area contributed by atoms with Gasteiger partial charge in [-0.1, -0.05) is 26.2 Å². The summed E-state index contributed by atoms with van der Waals surface area (Å²) >= 11 is 0. The lowest BCUT2D eigenvalue weighted by Gasteiger charge is -2.42. The van der Waals surface area contributed by atoms with Crippen molar-refractivity contribution in [3.63, 3.8) is 0 Å². The van der Waals surface area contributed by atoms with Gasteiger partial charge in [0.05, 0.1) is 6.10 Å². The van der Waals surface area contributed by atoms with Gasteiger partial charge in [0.15, 0.2) is 0 Å². The Labute approximate surface area is 100 Å². The molecule has 2 heteroatoms. The van der Waals surface area contributed by atoms with Gasteiger partial charge in [0, 0.05) is 19.2 Å². The Morgan fingerprint density at radius 1 is 1.12 bits per heavy atom. The van der Waals surface area contributed by atoms with Crippen LogP contribution in [0.5, 0.6) is 0 Å². The summed E-state index contributed by atoms with van der Waals surface area (Å²) in [5.74, 6) is 0. The molecule has 2 heterocycles. The van der Waals surface area contributed by atoms with Gasteiger partial charge in [-0.2, -0.15) is 0 Å². The Bertz CT molecular complexity index is 195. The predicted molar refractivity (Wildman–Crippen MR) is 67.7 cm³/mol. The second-order valence-electron chi connectivity index (χ2n) is 5.41. The van der Waals surface area contributed by atoms with Crippen LogP contribution in [0.3, 0.4) is 0 Å². The molecule has 2 rings (SSSR count). The standard InChI is InChI=1S/C14H27NO/c1-2-3-6-11-16-14-8-10-15-9-5-4-7-13(15)12-14/h13-14H,2-12H2,1H3. The summed E-state index contributed by atoms with van der Waals surface area (Å²) in [7, 11) is 0. The van der Waals surface area contributed by atoms with Crippen LogP contribution >= 0.6 is 0 Å². The average molecular weight is 225 g/mol. The lowest BCUT2D eigenvalue weighted by Crippen LogP contribution is -2.47. The number of hydrogen-bond donors (Lipinski definition) is 0. The lowest BCUT2D eigenvalue weighted by atomic mass is 9.91. The predicted octanol–water partition coefficient (Wildman–Crippen LogP) is 3.21. The third-order valence-electron chi connectivity index (χ3n) is 4.12. The first-order valence-corrected chi connectivity index (χ1v) is 7.26. The molecule has 2 aliphatic rings. The Balaban J connectivity index is 1.65. The summed E-state index contributed by atoms with van der Waals surface area (Å²) in [6.07, 6.45) is 11.3. The zero-order valence-corrected chi connectivity index (χ0v) is 10.8. The second kappa shape index (κ2) is 6.61. The smallest absolute Gasteiger partial charge is 0.0602 e. The van der Waals surface area contributed by atoms with Crippen molar-refractivity contribution in [3.05, 3.63) is 0 Å². The van der Waals surface area contributed by atoms with E-state index in [9.17, 15) is 0 Å². The van der Waals surface area contributed by atoms with Gasteiger partial charge in [-0.25, -0.2) is 0 Å². The number of ether oxygens (including phenoxy) is 1. The molecule has 0 amide bonds. The Hall–Kier alpha value is -0.0800. The summed E-state index contributed by atoms with van der Waals surface area (Å²) in [4.78, 5) is 2.69. The summed E-state index contributed by atoms with van der Waals surface area (Å²) in [5.41, 5.74) is 0. The van der Waals surface area contributed by atoms with E-state index in [1.807, 2.05) is 0 Å². The van der Waals surface area contributed by atoms with Gasteiger partial charge in [0.2, 0.25) is 0 Å². The molecule has 2 aliphatic heterocycles. The van der Waals surface area contributed by atoms with Crippen LogP contribution in [-0.2, 0) is 4.74 Å². The molecule has 0 aromatic carbocycles. The molecule has 2 saturated heterocycles. The highest BCUT2D eigenvalue weighted by Gasteiger charge is 2.30. The van der Waals surface area contributed by atoms with Crippen molar-refractivity contribution in [1.29, 1.82) is 0 Å². The van der Waals surface area contributed by atoms with E-state index in [0.717, 1.165) is 12.6 Å². The average Bonchev–Trinajstić information content (AvgIpc) is 2.34. The maximum Gasteiger partial charge on any atom is 0.0602 e. The third-order valence-corrected chi connectivity index (χ3v) is 4.12. The van der Waals surface area contributed by atoms with Crippen molar-refractivity contribution in [3.8, 4) is 0 Å². The quantitative estimate of drug-likeness (QED) is 0.666. The topological polar surface area (TPSA) is 12.5 Å². The monoisotopic (exact) mass is 225 g/mol. The molecule has 2 fully saturated rings. The van der Waals surface area contributed by atoms with E-state index in [2.05, 4.69) is 11.8 Å². The summed E-state index contributed by atoms with van der Waals surface area (Å²) in [6, 6.07) is 0.846. The zero-order valence-electron chi connectivity index (χ0n) is 10.8. The molecule has 0 bridgehead atoms. The normalized spacial score (nSPS) is 31.3. The van der Waals surface area contributed by atoms with Gasteiger partial charge >= 0.3 is 0 Å². The van der Waals surface area contributed by atoms with E-state index in [1.165, 1.54) is 64.5 Å². The van der Waals surface area contributed by atoms with Gasteiger partial charge in [-0.3, -0.25) is 0 Å². The highest BCUT2D eigenvalue weighted by molar-refractivity contribution is 4.85. The van der Waals surface area contributed by atoms with Crippen LogP contribution in [-0.4, -0.2) is 36.7 Å². The second-order valence-corrected chi connectivity index (χ2v) is 5.41. The van der Waals surface area contributed by atoms with Crippen LogP contribution in [0.2, 0.25) is 0 Å². The Morgan fingerprint density at radius 2 is 2.06 bits per heavy atom.